The number of rotatable bonds is 6. The molecule has 0 aromatic heterocycles. The molecular weight excluding hydrogens is 216 g/mol. The molecule has 2 amide bonds. The molecule has 0 aromatic carbocycles. The molecule has 0 fully saturated rings. The van der Waals surface area contributed by atoms with Crippen molar-refractivity contribution in [1.82, 2.24) is 10.6 Å². The standard InChI is InChI=1S/C13H28N2O2/c1-10(6-8-13(3,4)5)15-12(17)14-9-7-11(2)16/h10-11,16H,6-9H2,1-5H3,(H2,14,15,17). The Kier molecular flexibility index (Phi) is 7.19. The predicted molar refractivity (Wildman–Crippen MR) is 71.0 cm³/mol. The molecule has 0 saturated heterocycles. The number of urea groups is 1. The number of aliphatic hydroxyl groups excluding tert-OH is 1. The molecule has 17 heavy (non-hydrogen) atoms. The molecule has 4 heteroatoms. The fourth-order valence-corrected chi connectivity index (χ4v) is 1.39. The molecule has 4 nitrogen and oxygen atoms in total. The zero-order chi connectivity index (χ0) is 13.5. The smallest absolute Gasteiger partial charge is 0.314 e. The highest BCUT2D eigenvalue weighted by molar-refractivity contribution is 5.74. The molecule has 0 saturated carbocycles. The summed E-state index contributed by atoms with van der Waals surface area (Å²) in [6.45, 7) is 10.8. The van der Waals surface area contributed by atoms with E-state index in [-0.39, 0.29) is 18.2 Å². The molecule has 0 rings (SSSR count). The monoisotopic (exact) mass is 244 g/mol. The molecule has 0 heterocycles. The van der Waals surface area contributed by atoms with Crippen molar-refractivity contribution in [2.24, 2.45) is 5.41 Å². The first-order chi connectivity index (χ1) is 7.70. The summed E-state index contributed by atoms with van der Waals surface area (Å²) >= 11 is 0. The molecule has 0 bridgehead atoms. The first-order valence-corrected chi connectivity index (χ1v) is 6.43. The van der Waals surface area contributed by atoms with Gasteiger partial charge in [0.15, 0.2) is 0 Å². The average Bonchev–Trinajstić information content (AvgIpc) is 2.13. The first-order valence-electron chi connectivity index (χ1n) is 6.43. The lowest BCUT2D eigenvalue weighted by Gasteiger charge is -2.21. The van der Waals surface area contributed by atoms with Crippen LogP contribution < -0.4 is 10.6 Å². The number of nitrogens with one attached hydrogen (secondary N) is 2. The lowest BCUT2D eigenvalue weighted by atomic mass is 9.89. The average molecular weight is 244 g/mol. The maximum atomic E-state index is 11.5. The van der Waals surface area contributed by atoms with Crippen molar-refractivity contribution in [3.8, 4) is 0 Å². The van der Waals surface area contributed by atoms with Crippen LogP contribution in [0, 0.1) is 5.41 Å². The van der Waals surface area contributed by atoms with Crippen molar-refractivity contribution >= 4 is 6.03 Å². The van der Waals surface area contributed by atoms with Gasteiger partial charge in [-0.05, 0) is 38.5 Å². The topological polar surface area (TPSA) is 61.4 Å². The summed E-state index contributed by atoms with van der Waals surface area (Å²) in [7, 11) is 0. The molecular formula is C13H28N2O2. The zero-order valence-electron chi connectivity index (χ0n) is 11.8. The van der Waals surface area contributed by atoms with Gasteiger partial charge in [0, 0.05) is 12.6 Å². The second-order valence-corrected chi connectivity index (χ2v) is 6.04. The van der Waals surface area contributed by atoms with Crippen molar-refractivity contribution in [2.45, 2.75) is 66.0 Å². The Bertz CT molecular complexity index is 222. The number of hydrogen-bond donors (Lipinski definition) is 3. The Morgan fingerprint density at radius 3 is 2.29 bits per heavy atom. The molecule has 0 aromatic rings. The van der Waals surface area contributed by atoms with Crippen LogP contribution in [0.2, 0.25) is 0 Å². The minimum Gasteiger partial charge on any atom is -0.393 e. The van der Waals surface area contributed by atoms with Gasteiger partial charge in [0.2, 0.25) is 0 Å². The molecule has 3 N–H and O–H groups in total. The van der Waals surface area contributed by atoms with E-state index in [2.05, 4.69) is 31.4 Å². The summed E-state index contributed by atoms with van der Waals surface area (Å²) in [5.74, 6) is 0. The third-order valence-electron chi connectivity index (χ3n) is 2.55. The third kappa shape index (κ3) is 11.5. The number of hydrogen-bond acceptors (Lipinski definition) is 2. The van der Waals surface area contributed by atoms with Crippen molar-refractivity contribution in [2.75, 3.05) is 6.54 Å². The SMILES string of the molecule is CC(O)CCNC(=O)NC(C)CCC(C)(C)C. The van der Waals surface area contributed by atoms with Gasteiger partial charge in [-0.25, -0.2) is 4.79 Å². The Morgan fingerprint density at radius 1 is 1.24 bits per heavy atom. The fraction of sp³-hybridized carbons (Fsp3) is 0.923. The van der Waals surface area contributed by atoms with Crippen LogP contribution in [0.3, 0.4) is 0 Å². The summed E-state index contributed by atoms with van der Waals surface area (Å²) in [5, 5.41) is 14.7. The van der Waals surface area contributed by atoms with Crippen LogP contribution in [-0.2, 0) is 0 Å². The normalized spacial score (nSPS) is 15.2. The molecule has 0 spiro atoms. The van der Waals surface area contributed by atoms with Crippen LogP contribution in [0.15, 0.2) is 0 Å². The maximum absolute atomic E-state index is 11.5. The summed E-state index contributed by atoms with van der Waals surface area (Å²) in [5.41, 5.74) is 0.304. The highest BCUT2D eigenvalue weighted by Gasteiger charge is 2.13. The number of carbonyl (C=O) groups is 1. The van der Waals surface area contributed by atoms with Gasteiger partial charge < -0.3 is 15.7 Å². The lowest BCUT2D eigenvalue weighted by molar-refractivity contribution is 0.183. The fourth-order valence-electron chi connectivity index (χ4n) is 1.39. The van der Waals surface area contributed by atoms with Crippen LogP contribution >= 0.6 is 0 Å². The van der Waals surface area contributed by atoms with Crippen molar-refractivity contribution in [1.29, 1.82) is 0 Å². The van der Waals surface area contributed by atoms with Gasteiger partial charge >= 0.3 is 6.03 Å². The van der Waals surface area contributed by atoms with Crippen LogP contribution in [0.1, 0.15) is 53.9 Å². The van der Waals surface area contributed by atoms with Crippen molar-refractivity contribution < 1.29 is 9.90 Å². The van der Waals surface area contributed by atoms with Gasteiger partial charge in [0.1, 0.15) is 0 Å². The molecule has 2 atom stereocenters. The van der Waals surface area contributed by atoms with Gasteiger partial charge in [-0.15, -0.1) is 0 Å². The Labute approximate surface area is 105 Å². The van der Waals surface area contributed by atoms with E-state index in [1.165, 1.54) is 0 Å². The van der Waals surface area contributed by atoms with Gasteiger partial charge in [-0.2, -0.15) is 0 Å². The third-order valence-corrected chi connectivity index (χ3v) is 2.55. The molecule has 0 aliphatic rings. The zero-order valence-corrected chi connectivity index (χ0v) is 11.8. The molecule has 2 unspecified atom stereocenters. The molecule has 0 aliphatic carbocycles. The number of aliphatic hydroxyl groups is 1. The van der Waals surface area contributed by atoms with E-state index in [0.717, 1.165) is 12.8 Å². The largest absolute Gasteiger partial charge is 0.393 e. The summed E-state index contributed by atoms with van der Waals surface area (Å²) in [4.78, 5) is 11.5. The highest BCUT2D eigenvalue weighted by atomic mass is 16.3. The molecule has 0 aliphatic heterocycles. The second-order valence-electron chi connectivity index (χ2n) is 6.04. The summed E-state index contributed by atoms with van der Waals surface area (Å²) in [6.07, 6.45) is 2.28. The second kappa shape index (κ2) is 7.54. The van der Waals surface area contributed by atoms with Crippen LogP contribution in [-0.4, -0.2) is 29.8 Å². The first kappa shape index (κ1) is 16.2. The minimum absolute atomic E-state index is 0.146. The van der Waals surface area contributed by atoms with E-state index in [4.69, 9.17) is 5.11 Å². The van der Waals surface area contributed by atoms with Crippen molar-refractivity contribution in [3.63, 3.8) is 0 Å². The Morgan fingerprint density at radius 2 is 1.82 bits per heavy atom. The van der Waals surface area contributed by atoms with Crippen LogP contribution in [0.4, 0.5) is 4.79 Å². The number of amides is 2. The van der Waals surface area contributed by atoms with Gasteiger partial charge in [0.05, 0.1) is 6.10 Å². The molecule has 102 valence electrons. The van der Waals surface area contributed by atoms with Crippen LogP contribution in [0.25, 0.3) is 0 Å². The highest BCUT2D eigenvalue weighted by Crippen LogP contribution is 2.21. The Hall–Kier alpha value is -0.770. The van der Waals surface area contributed by atoms with E-state index in [0.29, 0.717) is 18.4 Å². The van der Waals surface area contributed by atoms with Crippen LogP contribution in [0.5, 0.6) is 0 Å². The van der Waals surface area contributed by atoms with Gasteiger partial charge in [-0.3, -0.25) is 0 Å². The van der Waals surface area contributed by atoms with E-state index < -0.39 is 0 Å². The van der Waals surface area contributed by atoms with E-state index in [1.54, 1.807) is 6.92 Å². The van der Waals surface area contributed by atoms with Crippen molar-refractivity contribution in [3.05, 3.63) is 0 Å². The minimum atomic E-state index is -0.367. The van der Waals surface area contributed by atoms with Gasteiger partial charge in [0.25, 0.3) is 0 Å². The lowest BCUT2D eigenvalue weighted by Crippen LogP contribution is -2.41. The maximum Gasteiger partial charge on any atom is 0.314 e. The summed E-state index contributed by atoms with van der Waals surface area (Å²) in [6, 6.07) is 0.0350. The van der Waals surface area contributed by atoms with E-state index in [1.807, 2.05) is 6.92 Å². The predicted octanol–water partition coefficient (Wildman–Crippen LogP) is 2.27. The summed E-state index contributed by atoms with van der Waals surface area (Å²) < 4.78 is 0. The van der Waals surface area contributed by atoms with E-state index >= 15 is 0 Å². The van der Waals surface area contributed by atoms with Gasteiger partial charge in [-0.1, -0.05) is 20.8 Å². The quantitative estimate of drug-likeness (QED) is 0.671. The number of carbonyl (C=O) groups excluding carboxylic acids is 1. The van der Waals surface area contributed by atoms with E-state index in [9.17, 15) is 4.79 Å². The molecule has 0 radical (unpaired) electrons. The Balaban J connectivity index is 3.66.